The van der Waals surface area contributed by atoms with E-state index in [0.29, 0.717) is 61.6 Å². The van der Waals surface area contributed by atoms with Crippen LogP contribution in [0.5, 0.6) is 0 Å². The van der Waals surface area contributed by atoms with Gasteiger partial charge in [0.25, 0.3) is 0 Å². The number of hydrogen-bond acceptors (Lipinski definition) is 14. The van der Waals surface area contributed by atoms with Crippen LogP contribution in [0.3, 0.4) is 0 Å². The third-order valence-corrected chi connectivity index (χ3v) is 6.66. The van der Waals surface area contributed by atoms with E-state index in [1.54, 1.807) is 6.33 Å². The molecule has 0 saturated carbocycles. The first-order chi connectivity index (χ1) is 19.2. The predicted octanol–water partition coefficient (Wildman–Crippen LogP) is -0.400. The molecule has 0 aliphatic heterocycles. The maximum absolute atomic E-state index is 11.1. The molecule has 40 heavy (non-hydrogen) atoms. The van der Waals surface area contributed by atoms with E-state index in [9.17, 15) is 9.67 Å². The smallest absolute Gasteiger partial charge is 0.325 e. The summed E-state index contributed by atoms with van der Waals surface area (Å²) in [6.45, 7) is 2.83. The van der Waals surface area contributed by atoms with Gasteiger partial charge in [-0.3, -0.25) is 4.57 Å². The Hall–Kier alpha value is -3.21. The maximum Gasteiger partial charge on any atom is 0.325 e. The zero-order valence-corrected chi connectivity index (χ0v) is 23.2. The minimum absolute atomic E-state index is 0.230. The fourth-order valence-electron chi connectivity index (χ4n) is 3.71. The van der Waals surface area contributed by atoms with Crippen molar-refractivity contribution in [1.82, 2.24) is 39.8 Å². The van der Waals surface area contributed by atoms with Gasteiger partial charge in [-0.2, -0.15) is 15.0 Å². The topological polar surface area (TPSA) is 254 Å². The molecule has 0 fully saturated rings. The van der Waals surface area contributed by atoms with Crippen LogP contribution in [-0.4, -0.2) is 106 Å². The molecular weight excluding hydrogens is 543 g/mol. The van der Waals surface area contributed by atoms with E-state index in [0.717, 1.165) is 32.2 Å². The van der Waals surface area contributed by atoms with Gasteiger partial charge in [-0.1, -0.05) is 12.8 Å². The Labute approximate surface area is 231 Å². The lowest BCUT2D eigenvalue weighted by Crippen LogP contribution is -2.29. The highest BCUT2D eigenvalue weighted by atomic mass is 31.2. The van der Waals surface area contributed by atoms with Gasteiger partial charge >= 0.3 is 7.60 Å². The molecule has 3 rings (SSSR count). The second-order valence-corrected chi connectivity index (χ2v) is 10.9. The Kier molecular flexibility index (Phi) is 12.6. The summed E-state index contributed by atoms with van der Waals surface area (Å²) in [6, 6.07) is 0. The van der Waals surface area contributed by atoms with Crippen molar-refractivity contribution >= 4 is 42.4 Å². The van der Waals surface area contributed by atoms with Gasteiger partial charge < -0.3 is 51.6 Å². The summed E-state index contributed by atoms with van der Waals surface area (Å²) in [5.41, 5.74) is 7.01. The average molecular weight is 583 g/mol. The lowest BCUT2D eigenvalue weighted by Gasteiger charge is -2.12. The van der Waals surface area contributed by atoms with Crippen molar-refractivity contribution in [2.24, 2.45) is 0 Å². The highest BCUT2D eigenvalue weighted by Gasteiger charge is 2.13. The van der Waals surface area contributed by atoms with Gasteiger partial charge in [-0.25, -0.2) is 15.0 Å². The highest BCUT2D eigenvalue weighted by molar-refractivity contribution is 7.51. The Morgan fingerprint density at radius 2 is 1.50 bits per heavy atom. The Bertz CT molecular complexity index is 1230. The summed E-state index contributed by atoms with van der Waals surface area (Å²) in [7, 11) is -4.07. The number of nitrogens with zero attached hydrogens (tertiary/aromatic N) is 7. The highest BCUT2D eigenvalue weighted by Crippen LogP contribution is 2.34. The molecule has 10 N–H and O–H groups in total. The van der Waals surface area contributed by atoms with Gasteiger partial charge in [0.05, 0.1) is 25.2 Å². The number of aliphatic hydroxyl groups is 2. The summed E-state index contributed by atoms with van der Waals surface area (Å²) >= 11 is 0. The summed E-state index contributed by atoms with van der Waals surface area (Å²) < 4.78 is 13.0. The second-order valence-electron chi connectivity index (χ2n) is 9.15. The van der Waals surface area contributed by atoms with Crippen LogP contribution in [0, 0.1) is 0 Å². The first-order valence-electron chi connectivity index (χ1n) is 13.2. The van der Waals surface area contributed by atoms with E-state index in [4.69, 9.17) is 20.6 Å². The number of nitrogens with one attached hydrogen (secondary N) is 4. The molecule has 0 bridgehead atoms. The van der Waals surface area contributed by atoms with Gasteiger partial charge in [0.15, 0.2) is 11.5 Å². The molecule has 0 amide bonds. The van der Waals surface area contributed by atoms with Crippen molar-refractivity contribution in [3.8, 4) is 0 Å². The van der Waals surface area contributed by atoms with Crippen LogP contribution in [-0.2, 0) is 11.1 Å². The van der Waals surface area contributed by atoms with Crippen LogP contribution in [0.4, 0.5) is 23.7 Å². The molecule has 18 heteroatoms. The first-order valence-corrected chi connectivity index (χ1v) is 15.0. The van der Waals surface area contributed by atoms with E-state index in [1.165, 1.54) is 6.33 Å². The zero-order valence-electron chi connectivity index (χ0n) is 22.3. The molecule has 222 valence electrons. The van der Waals surface area contributed by atoms with Crippen LogP contribution in [0.1, 0.15) is 32.1 Å². The Morgan fingerprint density at radius 1 is 0.875 bits per heavy atom. The summed E-state index contributed by atoms with van der Waals surface area (Å²) in [6.07, 6.45) is 6.20. The van der Waals surface area contributed by atoms with Crippen LogP contribution in [0.25, 0.3) is 11.2 Å². The third-order valence-electron chi connectivity index (χ3n) is 5.76. The largest absolute Gasteiger partial charge is 0.394 e. The van der Waals surface area contributed by atoms with Gasteiger partial charge in [0.1, 0.15) is 11.8 Å². The monoisotopic (exact) mass is 582 g/mol. The number of unbranched alkanes of at least 4 members (excludes halogenated alkanes) is 3. The molecule has 0 spiro atoms. The second kappa shape index (κ2) is 16.2. The number of rotatable bonds is 20. The molecule has 0 aliphatic carbocycles. The quantitative estimate of drug-likeness (QED) is 0.0606. The van der Waals surface area contributed by atoms with Crippen LogP contribution >= 0.6 is 7.60 Å². The fourth-order valence-corrected chi connectivity index (χ4v) is 4.28. The number of nitrogen functional groups attached to an aromatic ring is 1. The van der Waals surface area contributed by atoms with Gasteiger partial charge in [-0.05, 0) is 25.8 Å². The number of nitrogens with two attached hydrogens (primary N) is 1. The van der Waals surface area contributed by atoms with Crippen molar-refractivity contribution in [3.05, 3.63) is 12.7 Å². The van der Waals surface area contributed by atoms with Crippen molar-refractivity contribution < 1.29 is 24.6 Å². The molecule has 3 aromatic heterocycles. The van der Waals surface area contributed by atoms with E-state index in [1.807, 2.05) is 4.57 Å². The zero-order chi connectivity index (χ0) is 28.8. The molecule has 0 aliphatic rings. The standard InChI is InChI=1S/C22H39N12O5P/c23-18-17-19(29-14-28-18)34(15-30-17)10-9-27-22-32-20(31-21(33-22)26-8-5-11-40(37,38)39)25-7-4-2-1-3-6-24-12-16(36)13-35/h14-16,24,35-36H,1-13H2,(H2,23,28,29)(H2,37,38,39)(H3,25,26,27,31,32,33). The number of aromatic nitrogens is 7. The molecule has 3 aromatic rings. The normalized spacial score (nSPS) is 12.5. The average Bonchev–Trinajstić information content (AvgIpc) is 3.34. The van der Waals surface area contributed by atoms with Gasteiger partial charge in [0, 0.05) is 32.7 Å². The van der Waals surface area contributed by atoms with Crippen LogP contribution < -0.4 is 27.0 Å². The first kappa shape index (κ1) is 31.3. The van der Waals surface area contributed by atoms with Gasteiger partial charge in [0.2, 0.25) is 17.8 Å². The molecule has 17 nitrogen and oxygen atoms in total. The van der Waals surface area contributed by atoms with E-state index < -0.39 is 13.7 Å². The number of fused-ring (bicyclic) bond motifs is 1. The molecule has 0 aromatic carbocycles. The molecular formula is C22H39N12O5P. The Balaban J connectivity index is 1.49. The number of aliphatic hydroxyl groups excluding tert-OH is 2. The minimum atomic E-state index is -4.07. The molecule has 1 atom stereocenters. The molecule has 3 heterocycles. The minimum Gasteiger partial charge on any atom is -0.394 e. The van der Waals surface area contributed by atoms with Crippen LogP contribution in [0.15, 0.2) is 12.7 Å². The van der Waals surface area contributed by atoms with Crippen molar-refractivity contribution in [3.63, 3.8) is 0 Å². The lowest BCUT2D eigenvalue weighted by molar-refractivity contribution is 0.0945. The van der Waals surface area contributed by atoms with Crippen molar-refractivity contribution in [2.75, 3.05) is 67.2 Å². The van der Waals surface area contributed by atoms with E-state index in [-0.39, 0.29) is 25.1 Å². The molecule has 0 saturated heterocycles. The SMILES string of the molecule is Nc1ncnc2c1ncn2CCNc1nc(NCCCCCCNCC(O)CO)nc(NCCCP(=O)(O)O)n1. The molecule has 1 unspecified atom stereocenters. The molecule has 0 radical (unpaired) electrons. The van der Waals surface area contributed by atoms with E-state index in [2.05, 4.69) is 51.2 Å². The third kappa shape index (κ3) is 11.1. The maximum atomic E-state index is 11.1. The predicted molar refractivity (Wildman–Crippen MR) is 151 cm³/mol. The fraction of sp³-hybridized carbons (Fsp3) is 0.636. The van der Waals surface area contributed by atoms with Crippen molar-refractivity contribution in [1.29, 1.82) is 0 Å². The number of anilines is 4. The number of hydrogen-bond donors (Lipinski definition) is 9. The van der Waals surface area contributed by atoms with Gasteiger partial charge in [-0.15, -0.1) is 0 Å². The van der Waals surface area contributed by atoms with Crippen molar-refractivity contribution in [2.45, 2.75) is 44.8 Å². The lowest BCUT2D eigenvalue weighted by atomic mass is 10.2. The Morgan fingerprint density at radius 3 is 2.15 bits per heavy atom. The van der Waals surface area contributed by atoms with Crippen LogP contribution in [0.2, 0.25) is 0 Å². The number of imidazole rings is 1. The summed E-state index contributed by atoms with van der Waals surface area (Å²) in [4.78, 5) is 43.8. The summed E-state index contributed by atoms with van der Waals surface area (Å²) in [5, 5.41) is 30.6. The van der Waals surface area contributed by atoms with E-state index >= 15 is 0 Å². The summed E-state index contributed by atoms with van der Waals surface area (Å²) in [5.74, 6) is 1.32.